The Hall–Kier alpha value is -2.81. The molecule has 0 saturated heterocycles. The van der Waals surface area contributed by atoms with Gasteiger partial charge in [0.25, 0.3) is 0 Å². The molecule has 0 saturated carbocycles. The van der Waals surface area contributed by atoms with Gasteiger partial charge >= 0.3 is 0 Å². The van der Waals surface area contributed by atoms with E-state index in [1.165, 1.54) is 17.8 Å². The zero-order valence-electron chi connectivity index (χ0n) is 17.2. The van der Waals surface area contributed by atoms with E-state index in [-0.39, 0.29) is 24.1 Å². The van der Waals surface area contributed by atoms with Crippen molar-refractivity contribution in [2.45, 2.75) is 25.2 Å². The maximum atomic E-state index is 12.2. The summed E-state index contributed by atoms with van der Waals surface area (Å²) in [5.41, 5.74) is 1.39. The molecule has 166 valence electrons. The second kappa shape index (κ2) is 11.7. The Morgan fingerprint density at radius 2 is 1.94 bits per heavy atom. The van der Waals surface area contributed by atoms with Crippen LogP contribution in [0.15, 0.2) is 59.8 Å². The highest BCUT2D eigenvalue weighted by molar-refractivity contribution is 7.99. The van der Waals surface area contributed by atoms with Crippen LogP contribution in [0.2, 0.25) is 10.0 Å². The van der Waals surface area contributed by atoms with Gasteiger partial charge in [0.2, 0.25) is 11.8 Å². The Labute approximate surface area is 200 Å². The van der Waals surface area contributed by atoms with Gasteiger partial charge in [-0.2, -0.15) is 0 Å². The molecule has 0 fully saturated rings. The van der Waals surface area contributed by atoms with Gasteiger partial charge in [-0.3, -0.25) is 9.59 Å². The molecule has 0 aliphatic rings. The number of hydrogen-bond donors (Lipinski definition) is 2. The Kier molecular flexibility index (Phi) is 8.72. The maximum absolute atomic E-state index is 12.2. The molecule has 7 nitrogen and oxygen atoms in total. The quantitative estimate of drug-likeness (QED) is 0.336. The van der Waals surface area contributed by atoms with Crippen LogP contribution >= 0.6 is 35.0 Å². The number of nitrogens with one attached hydrogen (secondary N) is 2. The van der Waals surface area contributed by atoms with Crippen molar-refractivity contribution >= 4 is 58.5 Å². The summed E-state index contributed by atoms with van der Waals surface area (Å²) in [4.78, 5) is 24.4. The SMILES string of the molecule is CCn1c(CNC(=O)/C=C/c2ccccc2Cl)nnc1SCC(=O)Nc1cccc(Cl)c1. The fourth-order valence-electron chi connectivity index (χ4n) is 2.77. The summed E-state index contributed by atoms with van der Waals surface area (Å²) in [5.74, 6) is 0.315. The summed E-state index contributed by atoms with van der Waals surface area (Å²) < 4.78 is 1.86. The van der Waals surface area contributed by atoms with Crippen LogP contribution in [0.1, 0.15) is 18.3 Å². The van der Waals surface area contributed by atoms with Gasteiger partial charge in [0.15, 0.2) is 11.0 Å². The molecule has 0 radical (unpaired) electrons. The number of amides is 2. The van der Waals surface area contributed by atoms with E-state index in [1.807, 2.05) is 29.7 Å². The van der Waals surface area contributed by atoms with Crippen LogP contribution in [-0.4, -0.2) is 32.3 Å². The molecular weight excluding hydrogens is 469 g/mol. The van der Waals surface area contributed by atoms with Crippen LogP contribution in [0.4, 0.5) is 5.69 Å². The normalized spacial score (nSPS) is 11.0. The first-order valence-corrected chi connectivity index (χ1v) is 11.5. The van der Waals surface area contributed by atoms with Crippen molar-refractivity contribution in [3.8, 4) is 0 Å². The van der Waals surface area contributed by atoms with E-state index in [4.69, 9.17) is 23.2 Å². The van der Waals surface area contributed by atoms with Crippen molar-refractivity contribution in [2.75, 3.05) is 11.1 Å². The minimum Gasteiger partial charge on any atom is -0.345 e. The van der Waals surface area contributed by atoms with Crippen molar-refractivity contribution < 1.29 is 9.59 Å². The third kappa shape index (κ3) is 6.85. The number of carbonyl (C=O) groups excluding carboxylic acids is 2. The highest BCUT2D eigenvalue weighted by atomic mass is 35.5. The van der Waals surface area contributed by atoms with E-state index in [2.05, 4.69) is 20.8 Å². The van der Waals surface area contributed by atoms with E-state index in [1.54, 1.807) is 36.4 Å². The molecule has 3 aromatic rings. The summed E-state index contributed by atoms with van der Waals surface area (Å²) >= 11 is 13.3. The lowest BCUT2D eigenvalue weighted by Crippen LogP contribution is -2.22. The van der Waals surface area contributed by atoms with Crippen molar-refractivity contribution in [1.82, 2.24) is 20.1 Å². The summed E-state index contributed by atoms with van der Waals surface area (Å²) in [5, 5.41) is 15.6. The van der Waals surface area contributed by atoms with E-state index in [0.717, 1.165) is 5.56 Å². The molecule has 0 aliphatic heterocycles. The first-order valence-electron chi connectivity index (χ1n) is 9.77. The van der Waals surface area contributed by atoms with Crippen LogP contribution in [0.25, 0.3) is 6.08 Å². The molecule has 0 bridgehead atoms. The van der Waals surface area contributed by atoms with Gasteiger partial charge in [-0.15, -0.1) is 10.2 Å². The number of anilines is 1. The minimum atomic E-state index is -0.273. The Morgan fingerprint density at radius 3 is 2.69 bits per heavy atom. The van der Waals surface area contributed by atoms with E-state index < -0.39 is 0 Å². The maximum Gasteiger partial charge on any atom is 0.244 e. The molecule has 1 aromatic heterocycles. The topological polar surface area (TPSA) is 88.9 Å². The predicted molar refractivity (Wildman–Crippen MR) is 129 cm³/mol. The summed E-state index contributed by atoms with van der Waals surface area (Å²) in [6, 6.07) is 14.2. The van der Waals surface area contributed by atoms with Gasteiger partial charge in [-0.1, -0.05) is 59.2 Å². The van der Waals surface area contributed by atoms with E-state index >= 15 is 0 Å². The number of thioether (sulfide) groups is 1. The molecule has 10 heteroatoms. The molecule has 32 heavy (non-hydrogen) atoms. The van der Waals surface area contributed by atoms with Gasteiger partial charge in [0, 0.05) is 28.4 Å². The highest BCUT2D eigenvalue weighted by Crippen LogP contribution is 2.19. The number of nitrogens with zero attached hydrogens (tertiary/aromatic N) is 3. The van der Waals surface area contributed by atoms with Crippen LogP contribution < -0.4 is 10.6 Å². The third-order valence-corrected chi connectivity index (χ3v) is 5.84. The minimum absolute atomic E-state index is 0.164. The molecule has 3 rings (SSSR count). The van der Waals surface area contributed by atoms with Gasteiger partial charge in [0.1, 0.15) is 0 Å². The Morgan fingerprint density at radius 1 is 1.12 bits per heavy atom. The van der Waals surface area contributed by atoms with Crippen LogP contribution in [0, 0.1) is 0 Å². The second-order valence-corrected chi connectivity index (χ2v) is 8.35. The fourth-order valence-corrected chi connectivity index (χ4v) is 3.98. The molecule has 2 aromatic carbocycles. The van der Waals surface area contributed by atoms with Crippen LogP contribution in [0.3, 0.4) is 0 Å². The number of halogens is 2. The number of carbonyl (C=O) groups is 2. The number of aromatic nitrogens is 3. The smallest absolute Gasteiger partial charge is 0.244 e. The standard InChI is InChI=1S/C22H21Cl2N5O2S/c1-2-29-19(13-25-20(30)11-10-15-6-3-4-9-18(15)24)27-28-22(29)32-14-21(31)26-17-8-5-7-16(23)12-17/h3-12H,2,13-14H2,1H3,(H,25,30)(H,26,31)/b11-10+. The third-order valence-electron chi connectivity index (χ3n) is 4.29. The molecule has 0 atom stereocenters. The van der Waals surface area contributed by atoms with Crippen molar-refractivity contribution in [3.05, 3.63) is 76.0 Å². The average molecular weight is 490 g/mol. The van der Waals surface area contributed by atoms with Crippen molar-refractivity contribution in [2.24, 2.45) is 0 Å². The highest BCUT2D eigenvalue weighted by Gasteiger charge is 2.14. The fraction of sp³-hybridized carbons (Fsp3) is 0.182. The molecular formula is C22H21Cl2N5O2S. The summed E-state index contributed by atoms with van der Waals surface area (Å²) in [6.45, 7) is 2.76. The Balaban J connectivity index is 1.53. The van der Waals surface area contributed by atoms with Crippen molar-refractivity contribution in [1.29, 1.82) is 0 Å². The zero-order valence-corrected chi connectivity index (χ0v) is 19.5. The zero-order chi connectivity index (χ0) is 22.9. The van der Waals surface area contributed by atoms with E-state index in [0.29, 0.717) is 33.3 Å². The lowest BCUT2D eigenvalue weighted by molar-refractivity contribution is -0.116. The van der Waals surface area contributed by atoms with Gasteiger partial charge in [-0.25, -0.2) is 0 Å². The second-order valence-electron chi connectivity index (χ2n) is 6.56. The van der Waals surface area contributed by atoms with Crippen LogP contribution in [0.5, 0.6) is 0 Å². The van der Waals surface area contributed by atoms with E-state index in [9.17, 15) is 9.59 Å². The van der Waals surface area contributed by atoms with Crippen LogP contribution in [-0.2, 0) is 22.7 Å². The average Bonchev–Trinajstić information content (AvgIpc) is 3.17. The van der Waals surface area contributed by atoms with Gasteiger partial charge in [-0.05, 0) is 42.8 Å². The summed E-state index contributed by atoms with van der Waals surface area (Å²) in [7, 11) is 0. The molecule has 1 heterocycles. The number of hydrogen-bond acceptors (Lipinski definition) is 5. The molecule has 0 unspecified atom stereocenters. The molecule has 0 spiro atoms. The number of benzene rings is 2. The predicted octanol–water partition coefficient (Wildman–Crippen LogP) is 4.67. The first-order chi connectivity index (χ1) is 15.5. The lowest BCUT2D eigenvalue weighted by Gasteiger charge is -2.08. The first kappa shape index (κ1) is 23.8. The molecule has 2 N–H and O–H groups in total. The summed E-state index contributed by atoms with van der Waals surface area (Å²) in [6.07, 6.45) is 3.08. The monoisotopic (exact) mass is 489 g/mol. The largest absolute Gasteiger partial charge is 0.345 e. The Bertz CT molecular complexity index is 1130. The lowest BCUT2D eigenvalue weighted by atomic mass is 10.2. The van der Waals surface area contributed by atoms with Crippen molar-refractivity contribution in [3.63, 3.8) is 0 Å². The molecule has 0 aliphatic carbocycles. The van der Waals surface area contributed by atoms with Gasteiger partial charge in [0.05, 0.1) is 12.3 Å². The molecule has 2 amide bonds. The van der Waals surface area contributed by atoms with Gasteiger partial charge < -0.3 is 15.2 Å². The number of rotatable bonds is 9.